The summed E-state index contributed by atoms with van der Waals surface area (Å²) in [5, 5.41) is 14.2. The second-order valence-corrected chi connectivity index (χ2v) is 7.91. The summed E-state index contributed by atoms with van der Waals surface area (Å²) in [5.74, 6) is -4.83. The van der Waals surface area contributed by atoms with E-state index < -0.39 is 24.3 Å². The first-order chi connectivity index (χ1) is 15.1. The van der Waals surface area contributed by atoms with E-state index in [1.807, 2.05) is 12.3 Å². The first kappa shape index (κ1) is 28.6. The number of hydrogen-bond acceptors (Lipinski definition) is 6. The van der Waals surface area contributed by atoms with E-state index >= 15 is 0 Å². The summed E-state index contributed by atoms with van der Waals surface area (Å²) in [5.41, 5.74) is 1.50. The summed E-state index contributed by atoms with van der Waals surface area (Å²) in [4.78, 5) is 27.1. The van der Waals surface area contributed by atoms with Crippen LogP contribution in [-0.2, 0) is 20.9 Å². The van der Waals surface area contributed by atoms with E-state index in [4.69, 9.17) is 24.5 Å². The predicted octanol–water partition coefficient (Wildman–Crippen LogP) is 2.36. The highest BCUT2D eigenvalue weighted by Gasteiger charge is 2.50. The molecule has 8 nitrogen and oxygen atoms in total. The molecule has 0 unspecified atom stereocenters. The second kappa shape index (κ2) is 11.6. The van der Waals surface area contributed by atoms with Crippen molar-refractivity contribution in [2.24, 2.45) is 11.3 Å². The number of ether oxygens (including phenoxy) is 1. The number of pyridine rings is 1. The number of fused-ring (bicyclic) bond motifs is 1. The van der Waals surface area contributed by atoms with E-state index in [0.29, 0.717) is 11.3 Å². The van der Waals surface area contributed by atoms with E-state index in [2.05, 4.69) is 41.0 Å². The molecule has 1 aromatic rings. The Kier molecular flexibility index (Phi) is 10.1. The third kappa shape index (κ3) is 9.52. The smallest absolute Gasteiger partial charge is 0.475 e. The summed E-state index contributed by atoms with van der Waals surface area (Å²) in [7, 11) is 4.32. The molecular formula is C19H25F6N3O5. The van der Waals surface area contributed by atoms with Gasteiger partial charge in [-0.15, -0.1) is 0 Å². The van der Waals surface area contributed by atoms with E-state index in [1.165, 1.54) is 5.69 Å². The zero-order valence-corrected chi connectivity index (χ0v) is 17.9. The van der Waals surface area contributed by atoms with Crippen LogP contribution in [0.1, 0.15) is 5.69 Å². The molecule has 1 aromatic heterocycles. The molecule has 3 rings (SSSR count). The fourth-order valence-electron chi connectivity index (χ4n) is 3.64. The number of carboxylic acid groups (broad SMARTS) is 2. The van der Waals surface area contributed by atoms with Crippen molar-refractivity contribution < 1.29 is 50.9 Å². The lowest BCUT2D eigenvalue weighted by molar-refractivity contribution is -0.193. The molecule has 0 aliphatic carbocycles. The van der Waals surface area contributed by atoms with Crippen LogP contribution >= 0.6 is 0 Å². The predicted molar refractivity (Wildman–Crippen MR) is 102 cm³/mol. The van der Waals surface area contributed by atoms with Crippen LogP contribution in [0.25, 0.3) is 0 Å². The van der Waals surface area contributed by atoms with Crippen molar-refractivity contribution in [1.29, 1.82) is 0 Å². The van der Waals surface area contributed by atoms with Gasteiger partial charge in [0.05, 0.1) is 18.9 Å². The molecule has 2 atom stereocenters. The summed E-state index contributed by atoms with van der Waals surface area (Å²) in [6.07, 6.45) is -8.29. The van der Waals surface area contributed by atoms with Crippen LogP contribution in [0, 0.1) is 11.3 Å². The van der Waals surface area contributed by atoms with E-state index in [0.717, 1.165) is 39.4 Å². The third-order valence-corrected chi connectivity index (χ3v) is 4.82. The van der Waals surface area contributed by atoms with Crippen molar-refractivity contribution in [3.63, 3.8) is 0 Å². The molecule has 0 saturated carbocycles. The molecule has 0 aromatic carbocycles. The van der Waals surface area contributed by atoms with Gasteiger partial charge in [-0.3, -0.25) is 9.88 Å². The lowest BCUT2D eigenvalue weighted by atomic mass is 9.81. The Balaban J connectivity index is 0.000000324. The van der Waals surface area contributed by atoms with Gasteiger partial charge in [0.15, 0.2) is 0 Å². The maximum absolute atomic E-state index is 10.6. The molecule has 33 heavy (non-hydrogen) atoms. The Morgan fingerprint density at radius 2 is 1.70 bits per heavy atom. The standard InChI is InChI=1S/C15H23N3O.2C2HF3O2/c1-17(2)10-15-11-18(7-13(15)9-19-12-15)8-14-5-3-4-6-16-14;2*3-2(4,5)1(6)7/h3-6,13H,7-12H2,1-2H3;2*(H,6,7)/t13-,15+;;/m1../s1. The SMILES string of the molecule is CN(C)C[C@]12COC[C@H]1CN(Cc1ccccn1)C2.O=C(O)C(F)(F)F.O=C(O)C(F)(F)F. The normalized spacial score (nSPS) is 22.6. The first-order valence-corrected chi connectivity index (χ1v) is 9.52. The monoisotopic (exact) mass is 489 g/mol. The van der Waals surface area contributed by atoms with Crippen molar-refractivity contribution in [2.75, 3.05) is 46.9 Å². The highest BCUT2D eigenvalue weighted by atomic mass is 19.4. The van der Waals surface area contributed by atoms with Gasteiger partial charge in [0.1, 0.15) is 0 Å². The number of rotatable bonds is 4. The number of aliphatic carboxylic acids is 2. The van der Waals surface area contributed by atoms with E-state index in [9.17, 15) is 26.3 Å². The van der Waals surface area contributed by atoms with Gasteiger partial charge in [0, 0.05) is 43.7 Å². The average molecular weight is 489 g/mol. The molecule has 2 saturated heterocycles. The zero-order chi connectivity index (χ0) is 25.4. The van der Waals surface area contributed by atoms with Gasteiger partial charge in [-0.25, -0.2) is 9.59 Å². The van der Waals surface area contributed by atoms with Gasteiger partial charge in [0.2, 0.25) is 0 Å². The fourth-order valence-corrected chi connectivity index (χ4v) is 3.64. The third-order valence-electron chi connectivity index (χ3n) is 4.82. The lowest BCUT2D eigenvalue weighted by Gasteiger charge is -2.30. The molecule has 2 N–H and O–H groups in total. The Morgan fingerprint density at radius 3 is 2.12 bits per heavy atom. The number of aromatic nitrogens is 1. The number of carbonyl (C=O) groups is 2. The number of likely N-dealkylation sites (tertiary alicyclic amines) is 1. The Morgan fingerprint density at radius 1 is 1.15 bits per heavy atom. The number of nitrogens with zero attached hydrogens (tertiary/aromatic N) is 3. The summed E-state index contributed by atoms with van der Waals surface area (Å²) >= 11 is 0. The molecule has 0 amide bonds. The molecule has 0 bridgehead atoms. The molecule has 188 valence electrons. The largest absolute Gasteiger partial charge is 0.490 e. The van der Waals surface area contributed by atoms with Crippen molar-refractivity contribution in [3.05, 3.63) is 30.1 Å². The summed E-state index contributed by atoms with van der Waals surface area (Å²) < 4.78 is 69.2. The van der Waals surface area contributed by atoms with Gasteiger partial charge in [-0.05, 0) is 26.2 Å². The molecular weight excluding hydrogens is 464 g/mol. The summed E-state index contributed by atoms with van der Waals surface area (Å²) in [6, 6.07) is 6.16. The molecule has 2 aliphatic rings. The molecule has 0 spiro atoms. The van der Waals surface area contributed by atoms with E-state index in [-0.39, 0.29) is 0 Å². The summed E-state index contributed by atoms with van der Waals surface area (Å²) in [6.45, 7) is 6.20. The minimum Gasteiger partial charge on any atom is -0.475 e. The van der Waals surface area contributed by atoms with Gasteiger partial charge < -0.3 is 19.8 Å². The first-order valence-electron chi connectivity index (χ1n) is 9.52. The van der Waals surface area contributed by atoms with E-state index in [1.54, 1.807) is 0 Å². The molecule has 2 aliphatic heterocycles. The molecule has 0 radical (unpaired) electrons. The van der Waals surface area contributed by atoms with Crippen molar-refractivity contribution in [2.45, 2.75) is 18.9 Å². The zero-order valence-electron chi connectivity index (χ0n) is 17.9. The van der Waals surface area contributed by atoms with Crippen LogP contribution in [0.3, 0.4) is 0 Å². The average Bonchev–Trinajstić information content (AvgIpc) is 3.17. The fraction of sp³-hybridized carbons (Fsp3) is 0.632. The van der Waals surface area contributed by atoms with Crippen LogP contribution < -0.4 is 0 Å². The Bertz CT molecular complexity index is 751. The minimum atomic E-state index is -5.08. The maximum Gasteiger partial charge on any atom is 0.490 e. The topological polar surface area (TPSA) is 103 Å². The highest BCUT2D eigenvalue weighted by Crippen LogP contribution is 2.42. The van der Waals surface area contributed by atoms with Crippen LogP contribution in [0.4, 0.5) is 26.3 Å². The molecule has 3 heterocycles. The van der Waals surface area contributed by atoms with Gasteiger partial charge in [0.25, 0.3) is 0 Å². The van der Waals surface area contributed by atoms with Crippen LogP contribution in [-0.4, -0.2) is 96.2 Å². The number of alkyl halides is 6. The van der Waals surface area contributed by atoms with Crippen LogP contribution in [0.15, 0.2) is 24.4 Å². The number of halogens is 6. The van der Waals surface area contributed by atoms with Crippen LogP contribution in [0.5, 0.6) is 0 Å². The van der Waals surface area contributed by atoms with Crippen molar-refractivity contribution in [3.8, 4) is 0 Å². The second-order valence-electron chi connectivity index (χ2n) is 7.91. The van der Waals surface area contributed by atoms with Crippen molar-refractivity contribution in [1.82, 2.24) is 14.8 Å². The quantitative estimate of drug-likeness (QED) is 0.622. The van der Waals surface area contributed by atoms with Crippen molar-refractivity contribution >= 4 is 11.9 Å². The lowest BCUT2D eigenvalue weighted by Crippen LogP contribution is -2.40. The Labute approximate surface area is 185 Å². The van der Waals surface area contributed by atoms with Gasteiger partial charge >= 0.3 is 24.3 Å². The van der Waals surface area contributed by atoms with Gasteiger partial charge in [-0.1, -0.05) is 6.07 Å². The van der Waals surface area contributed by atoms with Gasteiger partial charge in [-0.2, -0.15) is 26.3 Å². The molecule has 14 heteroatoms. The van der Waals surface area contributed by atoms with Crippen LogP contribution in [0.2, 0.25) is 0 Å². The maximum atomic E-state index is 10.6. The highest BCUT2D eigenvalue weighted by molar-refractivity contribution is 5.73. The molecule has 2 fully saturated rings. The Hall–Kier alpha value is -2.45. The number of carboxylic acids is 2. The minimum absolute atomic E-state index is 0.332. The number of hydrogen-bond donors (Lipinski definition) is 2.